The Balaban J connectivity index is 2.12. The molecule has 0 aliphatic heterocycles. The molecule has 180 valence electrons. The van der Waals surface area contributed by atoms with E-state index in [1.54, 1.807) is 32.9 Å². The van der Waals surface area contributed by atoms with Crippen LogP contribution in [0.3, 0.4) is 0 Å². The molecule has 0 saturated heterocycles. The number of benzene rings is 2. The molecular weight excluding hydrogens is 453 g/mol. The van der Waals surface area contributed by atoms with Crippen molar-refractivity contribution in [2.75, 3.05) is 18.5 Å². The summed E-state index contributed by atoms with van der Waals surface area (Å²) in [6.07, 6.45) is -3.59. The fourth-order valence-corrected chi connectivity index (χ4v) is 2.70. The van der Waals surface area contributed by atoms with Gasteiger partial charge in [-0.3, -0.25) is 4.79 Å². The van der Waals surface area contributed by atoms with Crippen LogP contribution in [0.4, 0.5) is 18.9 Å². The highest BCUT2D eigenvalue weighted by atomic mass is 19.4. The number of hydrogen-bond acceptors (Lipinski definition) is 6. The average molecular weight is 476 g/mol. The highest BCUT2D eigenvalue weighted by molar-refractivity contribution is 5.98. The second-order valence-electron chi connectivity index (χ2n) is 7.18. The first-order valence-corrected chi connectivity index (χ1v) is 10.2. The van der Waals surface area contributed by atoms with Crippen LogP contribution < -0.4 is 14.8 Å². The molecule has 0 heterocycles. The Hall–Kier alpha value is -4.00. The monoisotopic (exact) mass is 476 g/mol. The van der Waals surface area contributed by atoms with Gasteiger partial charge in [0.05, 0.1) is 18.3 Å². The van der Waals surface area contributed by atoms with E-state index in [2.05, 4.69) is 5.32 Å². The number of anilines is 1. The van der Waals surface area contributed by atoms with Crippen LogP contribution in [-0.2, 0) is 20.5 Å². The number of amides is 1. The molecule has 0 radical (unpaired) electrons. The molecule has 2 rings (SSSR count). The van der Waals surface area contributed by atoms with Crippen LogP contribution in [0.5, 0.6) is 11.5 Å². The number of alkyl halides is 3. The standard InChI is InChI=1S/C24H23F3N2O5/c1-4-32-21-11-16(10-17(13-28)23(31)34-15(2)3)8-9-20(21)33-14-22(30)29-19-7-5-6-18(12-19)24(25,26)27/h5-12,15H,4,14H2,1-3H3,(H,29,30)/b17-10+. The molecular formula is C24H23F3N2O5. The van der Waals surface area contributed by atoms with Gasteiger partial charge in [-0.05, 0) is 62.7 Å². The summed E-state index contributed by atoms with van der Waals surface area (Å²) in [7, 11) is 0. The van der Waals surface area contributed by atoms with Crippen molar-refractivity contribution in [2.24, 2.45) is 0 Å². The minimum Gasteiger partial charge on any atom is -0.490 e. The van der Waals surface area contributed by atoms with E-state index in [-0.39, 0.29) is 35.5 Å². The topological polar surface area (TPSA) is 97.7 Å². The maximum atomic E-state index is 12.8. The molecule has 0 saturated carbocycles. The molecule has 0 unspecified atom stereocenters. The molecule has 1 amide bonds. The SMILES string of the molecule is CCOc1cc(/C=C(\C#N)C(=O)OC(C)C)ccc1OCC(=O)Nc1cccc(C(F)(F)F)c1. The third-order valence-corrected chi connectivity index (χ3v) is 4.09. The van der Waals surface area contributed by atoms with Crippen molar-refractivity contribution in [2.45, 2.75) is 33.1 Å². The van der Waals surface area contributed by atoms with E-state index >= 15 is 0 Å². The van der Waals surface area contributed by atoms with Gasteiger partial charge in [0.2, 0.25) is 0 Å². The van der Waals surface area contributed by atoms with Crippen LogP contribution in [0.25, 0.3) is 6.08 Å². The van der Waals surface area contributed by atoms with E-state index in [1.807, 2.05) is 0 Å². The van der Waals surface area contributed by atoms with Crippen LogP contribution in [0.15, 0.2) is 48.0 Å². The lowest BCUT2D eigenvalue weighted by molar-refractivity contribution is -0.142. The van der Waals surface area contributed by atoms with Gasteiger partial charge in [0.15, 0.2) is 18.1 Å². The molecule has 0 spiro atoms. The van der Waals surface area contributed by atoms with E-state index in [9.17, 15) is 28.0 Å². The lowest BCUT2D eigenvalue weighted by Gasteiger charge is -2.13. The first kappa shape index (κ1) is 26.3. The Morgan fingerprint density at radius 2 is 1.85 bits per heavy atom. The number of nitriles is 1. The Kier molecular flexibility index (Phi) is 9.07. The average Bonchev–Trinajstić information content (AvgIpc) is 2.76. The van der Waals surface area contributed by atoms with E-state index in [1.165, 1.54) is 30.3 Å². The smallest absolute Gasteiger partial charge is 0.416 e. The fourth-order valence-electron chi connectivity index (χ4n) is 2.70. The summed E-state index contributed by atoms with van der Waals surface area (Å²) in [5.74, 6) is -0.991. The zero-order valence-corrected chi connectivity index (χ0v) is 18.7. The van der Waals surface area contributed by atoms with Gasteiger partial charge in [-0.2, -0.15) is 18.4 Å². The zero-order chi connectivity index (χ0) is 25.3. The molecule has 0 atom stereocenters. The van der Waals surface area contributed by atoms with Gasteiger partial charge in [0.1, 0.15) is 11.6 Å². The van der Waals surface area contributed by atoms with Crippen LogP contribution in [0.1, 0.15) is 31.9 Å². The van der Waals surface area contributed by atoms with E-state index in [0.29, 0.717) is 5.56 Å². The number of ether oxygens (including phenoxy) is 3. The summed E-state index contributed by atoms with van der Waals surface area (Å²) in [6, 6.07) is 10.6. The molecule has 34 heavy (non-hydrogen) atoms. The number of carbonyl (C=O) groups excluding carboxylic acids is 2. The quantitative estimate of drug-likeness (QED) is 0.311. The van der Waals surface area contributed by atoms with Gasteiger partial charge in [-0.25, -0.2) is 4.79 Å². The molecule has 10 heteroatoms. The minimum atomic E-state index is -4.53. The minimum absolute atomic E-state index is 0.0220. The third-order valence-electron chi connectivity index (χ3n) is 4.09. The van der Waals surface area contributed by atoms with Crippen LogP contribution in [0, 0.1) is 11.3 Å². The maximum absolute atomic E-state index is 12.8. The predicted molar refractivity (Wildman–Crippen MR) is 118 cm³/mol. The second-order valence-corrected chi connectivity index (χ2v) is 7.18. The summed E-state index contributed by atoms with van der Waals surface area (Å²) in [5, 5.41) is 11.6. The second kappa shape index (κ2) is 11.7. The molecule has 2 aromatic carbocycles. The summed E-state index contributed by atoms with van der Waals surface area (Å²) in [5.41, 5.74) is -0.652. The number of halogens is 3. The summed E-state index contributed by atoms with van der Waals surface area (Å²) in [4.78, 5) is 24.2. The number of hydrogen-bond donors (Lipinski definition) is 1. The van der Waals surface area contributed by atoms with Gasteiger partial charge in [-0.15, -0.1) is 0 Å². The number of nitrogens with one attached hydrogen (secondary N) is 1. The molecule has 0 aromatic heterocycles. The van der Waals surface area contributed by atoms with E-state index in [4.69, 9.17) is 14.2 Å². The predicted octanol–water partition coefficient (Wildman–Crippen LogP) is 4.98. The van der Waals surface area contributed by atoms with Crippen LogP contribution in [-0.4, -0.2) is 31.2 Å². The lowest BCUT2D eigenvalue weighted by atomic mass is 10.1. The van der Waals surface area contributed by atoms with Crippen molar-refractivity contribution in [1.82, 2.24) is 0 Å². The van der Waals surface area contributed by atoms with Crippen LogP contribution in [0.2, 0.25) is 0 Å². The molecule has 0 bridgehead atoms. The Bertz CT molecular complexity index is 1100. The van der Waals surface area contributed by atoms with Gasteiger partial charge in [0.25, 0.3) is 5.91 Å². The normalized spacial score (nSPS) is 11.5. The molecule has 7 nitrogen and oxygen atoms in total. The molecule has 1 N–H and O–H groups in total. The molecule has 0 aliphatic rings. The molecule has 0 aliphatic carbocycles. The maximum Gasteiger partial charge on any atom is 0.416 e. The zero-order valence-electron chi connectivity index (χ0n) is 18.7. The van der Waals surface area contributed by atoms with Crippen molar-refractivity contribution in [1.29, 1.82) is 5.26 Å². The van der Waals surface area contributed by atoms with Crippen molar-refractivity contribution in [3.63, 3.8) is 0 Å². The van der Waals surface area contributed by atoms with E-state index < -0.39 is 30.2 Å². The lowest BCUT2D eigenvalue weighted by Crippen LogP contribution is -2.20. The van der Waals surface area contributed by atoms with Gasteiger partial charge in [-0.1, -0.05) is 12.1 Å². The highest BCUT2D eigenvalue weighted by Crippen LogP contribution is 2.31. The fraction of sp³-hybridized carbons (Fsp3) is 0.292. The molecule has 2 aromatic rings. The molecule has 0 fully saturated rings. The van der Waals surface area contributed by atoms with E-state index in [0.717, 1.165) is 12.1 Å². The van der Waals surface area contributed by atoms with Gasteiger partial charge in [0, 0.05) is 5.69 Å². The summed E-state index contributed by atoms with van der Waals surface area (Å²) in [6.45, 7) is 4.83. The number of carbonyl (C=O) groups is 2. The Morgan fingerprint density at radius 3 is 2.47 bits per heavy atom. The summed E-state index contributed by atoms with van der Waals surface area (Å²) >= 11 is 0. The summed E-state index contributed by atoms with van der Waals surface area (Å²) < 4.78 is 54.5. The van der Waals surface area contributed by atoms with Crippen LogP contribution >= 0.6 is 0 Å². The van der Waals surface area contributed by atoms with Crippen molar-refractivity contribution in [3.8, 4) is 17.6 Å². The third kappa shape index (κ3) is 7.85. The number of esters is 1. The van der Waals surface area contributed by atoms with Crippen molar-refractivity contribution in [3.05, 3.63) is 59.2 Å². The number of nitrogens with zero attached hydrogens (tertiary/aromatic N) is 1. The largest absolute Gasteiger partial charge is 0.490 e. The highest BCUT2D eigenvalue weighted by Gasteiger charge is 2.30. The van der Waals surface area contributed by atoms with Crippen molar-refractivity contribution >= 4 is 23.6 Å². The first-order valence-electron chi connectivity index (χ1n) is 10.2. The van der Waals surface area contributed by atoms with Gasteiger partial charge < -0.3 is 19.5 Å². The Morgan fingerprint density at radius 1 is 1.12 bits per heavy atom. The first-order chi connectivity index (χ1) is 16.0. The van der Waals surface area contributed by atoms with Gasteiger partial charge >= 0.3 is 12.1 Å². The Labute approximate surface area is 194 Å². The van der Waals surface area contributed by atoms with Crippen molar-refractivity contribution < 1.29 is 37.0 Å². The number of rotatable bonds is 9.